The van der Waals surface area contributed by atoms with Crippen LogP contribution in [0.4, 0.5) is 15.2 Å². The number of halogens is 3. The van der Waals surface area contributed by atoms with Gasteiger partial charge in [0.2, 0.25) is 0 Å². The lowest BCUT2D eigenvalue weighted by atomic mass is 10.2. The van der Waals surface area contributed by atoms with Crippen LogP contribution < -0.4 is 5.32 Å². The third-order valence-corrected chi connectivity index (χ3v) is 4.22. The Morgan fingerprint density at radius 1 is 1.00 bits per heavy atom. The first-order valence-corrected chi connectivity index (χ1v) is 7.90. The maximum Gasteiger partial charge on any atom is 0.187 e. The van der Waals surface area contributed by atoms with Crippen molar-refractivity contribution in [3.63, 3.8) is 0 Å². The van der Waals surface area contributed by atoms with E-state index >= 15 is 0 Å². The topological polar surface area (TPSA) is 24.9 Å². The molecule has 0 radical (unpaired) electrons. The minimum Gasteiger partial charge on any atom is -0.332 e. The van der Waals surface area contributed by atoms with Crippen molar-refractivity contribution in [3.8, 4) is 11.3 Å². The Morgan fingerprint density at radius 3 is 2.33 bits per heavy atom. The second kappa shape index (κ2) is 7.33. The number of aromatic nitrogens is 1. The van der Waals surface area contributed by atoms with Crippen LogP contribution in [0.2, 0.25) is 0 Å². The molecule has 0 bridgehead atoms. The number of nitrogens with zero attached hydrogens (tertiary/aromatic N) is 1. The summed E-state index contributed by atoms with van der Waals surface area (Å²) >= 11 is 3.81. The second-order valence-corrected chi connectivity index (χ2v) is 6.28. The van der Waals surface area contributed by atoms with Crippen LogP contribution >= 0.6 is 50.9 Å². The predicted octanol–water partition coefficient (Wildman–Crippen LogP) is 5.88. The Hall–Kier alpha value is -0.990. The zero-order valence-electron chi connectivity index (χ0n) is 10.7. The van der Waals surface area contributed by atoms with Crippen LogP contribution in [-0.4, -0.2) is 4.98 Å². The molecule has 2 aromatic carbocycles. The van der Waals surface area contributed by atoms with Gasteiger partial charge < -0.3 is 5.32 Å². The first-order chi connectivity index (χ1) is 9.70. The highest BCUT2D eigenvalue weighted by atomic mass is 127. The van der Waals surface area contributed by atoms with Crippen molar-refractivity contribution in [2.75, 3.05) is 5.32 Å². The Bertz CT molecular complexity index is 713. The fourth-order valence-electron chi connectivity index (χ4n) is 1.74. The van der Waals surface area contributed by atoms with Gasteiger partial charge in [-0.25, -0.2) is 9.37 Å². The van der Waals surface area contributed by atoms with Crippen molar-refractivity contribution in [1.29, 1.82) is 0 Å². The van der Waals surface area contributed by atoms with Crippen LogP contribution in [0.25, 0.3) is 11.3 Å². The van der Waals surface area contributed by atoms with Gasteiger partial charge in [0.15, 0.2) is 5.13 Å². The third kappa shape index (κ3) is 4.24. The molecule has 0 aliphatic heterocycles. The van der Waals surface area contributed by atoms with Gasteiger partial charge in [-0.05, 0) is 59.0 Å². The average molecular weight is 477 g/mol. The van der Waals surface area contributed by atoms with E-state index in [1.165, 1.54) is 27.0 Å². The van der Waals surface area contributed by atoms with Crippen LogP contribution in [0.5, 0.6) is 0 Å². The summed E-state index contributed by atoms with van der Waals surface area (Å²) in [6, 6.07) is 14.5. The van der Waals surface area contributed by atoms with Gasteiger partial charge in [0.25, 0.3) is 0 Å². The summed E-state index contributed by atoms with van der Waals surface area (Å²) in [5.74, 6) is -0.241. The van der Waals surface area contributed by atoms with Crippen LogP contribution in [0, 0.1) is 9.39 Å². The molecule has 0 spiro atoms. The van der Waals surface area contributed by atoms with E-state index in [2.05, 4.69) is 57.2 Å². The number of thiazole rings is 1. The molecule has 0 fully saturated rings. The van der Waals surface area contributed by atoms with E-state index in [9.17, 15) is 4.39 Å². The van der Waals surface area contributed by atoms with Crippen LogP contribution in [0.3, 0.4) is 0 Å². The zero-order valence-corrected chi connectivity index (χ0v) is 15.4. The maximum absolute atomic E-state index is 12.8. The van der Waals surface area contributed by atoms with Crippen LogP contribution in [-0.2, 0) is 0 Å². The van der Waals surface area contributed by atoms with Gasteiger partial charge in [-0.3, -0.25) is 0 Å². The summed E-state index contributed by atoms with van der Waals surface area (Å²) in [6.45, 7) is 0. The molecule has 3 aromatic rings. The van der Waals surface area contributed by atoms with Crippen LogP contribution in [0.15, 0.2) is 53.9 Å². The van der Waals surface area contributed by atoms with Gasteiger partial charge in [-0.15, -0.1) is 28.3 Å². The minimum atomic E-state index is -0.241. The first kappa shape index (κ1) is 16.4. The lowest BCUT2D eigenvalue weighted by molar-refractivity contribution is 0.628. The largest absolute Gasteiger partial charge is 0.332 e. The fourth-order valence-corrected chi connectivity index (χ4v) is 2.84. The molecule has 0 aliphatic rings. The normalized spacial score (nSPS) is 10.0. The second-order valence-electron chi connectivity index (χ2n) is 4.18. The number of benzene rings is 2. The molecule has 1 heterocycles. The van der Waals surface area contributed by atoms with Crippen molar-refractivity contribution in [1.82, 2.24) is 4.98 Å². The van der Waals surface area contributed by atoms with Crippen molar-refractivity contribution in [2.45, 2.75) is 0 Å². The van der Waals surface area contributed by atoms with E-state index in [0.29, 0.717) is 0 Å². The third-order valence-electron chi connectivity index (χ3n) is 2.74. The first-order valence-electron chi connectivity index (χ1n) is 5.95. The summed E-state index contributed by atoms with van der Waals surface area (Å²) in [4.78, 5) is 4.54. The van der Waals surface area contributed by atoms with Crippen molar-refractivity contribution >= 4 is 61.7 Å². The highest BCUT2D eigenvalue weighted by Crippen LogP contribution is 2.27. The molecule has 0 amide bonds. The molecule has 21 heavy (non-hydrogen) atoms. The Balaban J connectivity index is 0.00000161. The summed E-state index contributed by atoms with van der Waals surface area (Å²) in [7, 11) is 0. The molecular weight excluding hydrogens is 466 g/mol. The van der Waals surface area contributed by atoms with E-state index in [4.69, 9.17) is 0 Å². The van der Waals surface area contributed by atoms with Gasteiger partial charge in [-0.2, -0.15) is 0 Å². The Kier molecular flexibility index (Phi) is 5.72. The highest BCUT2D eigenvalue weighted by Gasteiger charge is 2.05. The molecule has 1 aromatic heterocycles. The van der Waals surface area contributed by atoms with Crippen molar-refractivity contribution in [2.24, 2.45) is 0 Å². The molecule has 0 atom stereocenters. The van der Waals surface area contributed by atoms with Crippen molar-refractivity contribution < 1.29 is 4.39 Å². The van der Waals surface area contributed by atoms with Gasteiger partial charge in [0.1, 0.15) is 5.82 Å². The molecule has 108 valence electrons. The van der Waals surface area contributed by atoms with E-state index in [0.717, 1.165) is 22.1 Å². The Labute approximate surface area is 150 Å². The molecule has 3 rings (SSSR count). The monoisotopic (exact) mass is 476 g/mol. The maximum atomic E-state index is 12.8. The molecule has 0 saturated carbocycles. The van der Waals surface area contributed by atoms with E-state index in [1.54, 1.807) is 12.1 Å². The van der Waals surface area contributed by atoms with E-state index < -0.39 is 0 Å². The van der Waals surface area contributed by atoms with Gasteiger partial charge in [0.05, 0.1) is 5.69 Å². The minimum absolute atomic E-state index is 0. The van der Waals surface area contributed by atoms with Gasteiger partial charge in [0, 0.05) is 20.2 Å². The number of rotatable bonds is 3. The number of hydrogen-bond acceptors (Lipinski definition) is 3. The van der Waals surface area contributed by atoms with Gasteiger partial charge >= 0.3 is 0 Å². The molecule has 6 heteroatoms. The fraction of sp³-hybridized carbons (Fsp3) is 0. The summed E-state index contributed by atoms with van der Waals surface area (Å²) in [5, 5.41) is 5.98. The highest BCUT2D eigenvalue weighted by molar-refractivity contribution is 14.1. The summed E-state index contributed by atoms with van der Waals surface area (Å²) < 4.78 is 14.0. The number of hydrogen-bond donors (Lipinski definition) is 1. The predicted molar refractivity (Wildman–Crippen MR) is 100 cm³/mol. The van der Waals surface area contributed by atoms with E-state index in [-0.39, 0.29) is 22.8 Å². The van der Waals surface area contributed by atoms with Crippen molar-refractivity contribution in [3.05, 3.63) is 63.3 Å². The zero-order chi connectivity index (χ0) is 13.9. The average Bonchev–Trinajstić information content (AvgIpc) is 2.91. The number of nitrogens with one attached hydrogen (secondary N) is 1. The quantitative estimate of drug-likeness (QED) is 0.478. The molecule has 0 saturated heterocycles. The smallest absolute Gasteiger partial charge is 0.187 e. The molecule has 1 N–H and O–H groups in total. The summed E-state index contributed by atoms with van der Waals surface area (Å²) in [6.07, 6.45) is 0. The molecule has 0 aliphatic carbocycles. The SMILES string of the molecule is Br.Fc1ccc(Nc2nc(-c3ccc(I)cc3)cs2)cc1. The van der Waals surface area contributed by atoms with E-state index in [1.807, 2.05) is 5.38 Å². The Morgan fingerprint density at radius 2 is 1.67 bits per heavy atom. The lowest BCUT2D eigenvalue weighted by Crippen LogP contribution is -1.89. The number of anilines is 2. The molecular formula is C15H11BrFIN2S. The standard InChI is InChI=1S/C15H10FIN2S.BrH/c16-11-3-7-13(8-4-11)18-15-19-14(9-20-15)10-1-5-12(17)6-2-10;/h1-9H,(H,18,19);1H. The molecule has 0 unspecified atom stereocenters. The lowest BCUT2D eigenvalue weighted by Gasteiger charge is -2.01. The van der Waals surface area contributed by atoms with Gasteiger partial charge in [-0.1, -0.05) is 12.1 Å². The molecule has 2 nitrogen and oxygen atoms in total. The summed E-state index contributed by atoms with van der Waals surface area (Å²) in [5.41, 5.74) is 2.86. The van der Waals surface area contributed by atoms with Crippen LogP contribution in [0.1, 0.15) is 0 Å².